The van der Waals surface area contributed by atoms with Gasteiger partial charge in [-0.3, -0.25) is 0 Å². The summed E-state index contributed by atoms with van der Waals surface area (Å²) in [7, 11) is 0. The summed E-state index contributed by atoms with van der Waals surface area (Å²) in [6, 6.07) is 0.164. The Hall–Kier alpha value is -1.14. The second kappa shape index (κ2) is 4.27. The maximum Gasteiger partial charge on any atom is 0.180 e. The molecule has 1 aliphatic heterocycles. The van der Waals surface area contributed by atoms with Gasteiger partial charge in [-0.05, 0) is 28.8 Å². The Morgan fingerprint density at radius 2 is 2.41 bits per heavy atom. The summed E-state index contributed by atoms with van der Waals surface area (Å²) in [6.45, 7) is 1.10. The molecule has 0 bridgehead atoms. The van der Waals surface area contributed by atoms with Crippen LogP contribution in [0.25, 0.3) is 5.65 Å². The van der Waals surface area contributed by atoms with Crippen LogP contribution in [0.2, 0.25) is 0 Å². The van der Waals surface area contributed by atoms with Crippen molar-refractivity contribution in [2.24, 2.45) is 0 Å². The Labute approximate surface area is 107 Å². The molecule has 3 rings (SSSR count). The van der Waals surface area contributed by atoms with Crippen LogP contribution in [0.1, 0.15) is 12.8 Å². The lowest BCUT2D eigenvalue weighted by Crippen LogP contribution is -2.33. The fourth-order valence-corrected chi connectivity index (χ4v) is 2.77. The van der Waals surface area contributed by atoms with Crippen LogP contribution in [-0.2, 0) is 0 Å². The molecule has 3 heterocycles. The van der Waals surface area contributed by atoms with Gasteiger partial charge in [0.05, 0.1) is 12.6 Å². The summed E-state index contributed by atoms with van der Waals surface area (Å²) in [5.74, 6) is 0.848. The van der Waals surface area contributed by atoms with E-state index in [0.717, 1.165) is 35.5 Å². The van der Waals surface area contributed by atoms with E-state index in [9.17, 15) is 5.11 Å². The maximum absolute atomic E-state index is 9.38. The van der Waals surface area contributed by atoms with Gasteiger partial charge < -0.3 is 14.4 Å². The maximum atomic E-state index is 9.38. The van der Waals surface area contributed by atoms with Crippen molar-refractivity contribution in [3.8, 4) is 0 Å². The van der Waals surface area contributed by atoms with Gasteiger partial charge in [-0.2, -0.15) is 0 Å². The molecule has 0 radical (unpaired) electrons. The van der Waals surface area contributed by atoms with Gasteiger partial charge in [-0.15, -0.1) is 0 Å². The van der Waals surface area contributed by atoms with E-state index in [1.54, 1.807) is 6.20 Å². The number of aliphatic hydroxyl groups excluding tert-OH is 1. The first-order valence-corrected chi connectivity index (χ1v) is 6.45. The van der Waals surface area contributed by atoms with Crippen molar-refractivity contribution in [1.82, 2.24) is 14.4 Å². The molecule has 1 atom stereocenters. The Morgan fingerprint density at radius 1 is 1.53 bits per heavy atom. The van der Waals surface area contributed by atoms with Crippen LogP contribution in [0.5, 0.6) is 0 Å². The minimum absolute atomic E-state index is 0.164. The first-order valence-electron chi connectivity index (χ1n) is 5.66. The van der Waals surface area contributed by atoms with E-state index in [4.69, 9.17) is 0 Å². The number of rotatable bonds is 2. The molecular formula is C11H13BrN4O. The molecule has 1 fully saturated rings. The van der Waals surface area contributed by atoms with Crippen LogP contribution in [0.4, 0.5) is 5.82 Å². The minimum Gasteiger partial charge on any atom is -0.394 e. The first kappa shape index (κ1) is 11.0. The summed E-state index contributed by atoms with van der Waals surface area (Å²) in [6.07, 6.45) is 7.64. The molecule has 2 aromatic rings. The number of imidazole rings is 1. The number of aromatic nitrogens is 3. The number of hydrogen-bond acceptors (Lipinski definition) is 4. The highest BCUT2D eigenvalue weighted by Gasteiger charge is 2.27. The highest BCUT2D eigenvalue weighted by atomic mass is 79.9. The van der Waals surface area contributed by atoms with Gasteiger partial charge in [0, 0.05) is 25.1 Å². The smallest absolute Gasteiger partial charge is 0.180 e. The Morgan fingerprint density at radius 3 is 3.24 bits per heavy atom. The van der Waals surface area contributed by atoms with Gasteiger partial charge in [0.1, 0.15) is 4.60 Å². The van der Waals surface area contributed by atoms with Gasteiger partial charge in [-0.1, -0.05) is 0 Å². The van der Waals surface area contributed by atoms with Gasteiger partial charge in [-0.25, -0.2) is 9.97 Å². The lowest BCUT2D eigenvalue weighted by atomic mass is 10.2. The van der Waals surface area contributed by atoms with Crippen LogP contribution in [0, 0.1) is 0 Å². The molecule has 6 heteroatoms. The number of halogens is 1. The van der Waals surface area contributed by atoms with Crippen molar-refractivity contribution in [3.63, 3.8) is 0 Å². The molecule has 1 saturated heterocycles. The van der Waals surface area contributed by atoms with E-state index >= 15 is 0 Å². The van der Waals surface area contributed by atoms with Crippen molar-refractivity contribution in [2.75, 3.05) is 18.1 Å². The van der Waals surface area contributed by atoms with E-state index in [2.05, 4.69) is 30.8 Å². The first-order chi connectivity index (χ1) is 8.29. The fourth-order valence-electron chi connectivity index (χ4n) is 2.38. The van der Waals surface area contributed by atoms with Gasteiger partial charge in [0.2, 0.25) is 0 Å². The quantitative estimate of drug-likeness (QED) is 0.911. The summed E-state index contributed by atoms with van der Waals surface area (Å²) in [4.78, 5) is 11.0. The van der Waals surface area contributed by atoms with E-state index in [1.165, 1.54) is 0 Å². The van der Waals surface area contributed by atoms with Crippen LogP contribution in [0.15, 0.2) is 23.2 Å². The number of nitrogens with zero attached hydrogens (tertiary/aromatic N) is 4. The van der Waals surface area contributed by atoms with Crippen LogP contribution < -0.4 is 4.90 Å². The Kier molecular flexibility index (Phi) is 2.76. The Bertz CT molecular complexity index is 541. The number of aliphatic hydroxyl groups is 1. The molecule has 1 unspecified atom stereocenters. The van der Waals surface area contributed by atoms with Crippen molar-refractivity contribution in [3.05, 3.63) is 23.2 Å². The van der Waals surface area contributed by atoms with Crippen LogP contribution >= 0.6 is 15.9 Å². The monoisotopic (exact) mass is 296 g/mol. The predicted molar refractivity (Wildman–Crippen MR) is 68.1 cm³/mol. The third-order valence-corrected chi connectivity index (χ3v) is 3.57. The lowest BCUT2D eigenvalue weighted by molar-refractivity contribution is 0.266. The minimum atomic E-state index is 0.164. The van der Waals surface area contributed by atoms with Crippen molar-refractivity contribution in [2.45, 2.75) is 18.9 Å². The molecule has 1 N–H and O–H groups in total. The summed E-state index contributed by atoms with van der Waals surface area (Å²) in [5, 5.41) is 9.38. The molecule has 5 nitrogen and oxygen atoms in total. The summed E-state index contributed by atoms with van der Waals surface area (Å²) >= 11 is 3.41. The predicted octanol–water partition coefficient (Wildman–Crippen LogP) is 1.45. The average Bonchev–Trinajstić information content (AvgIpc) is 2.95. The van der Waals surface area contributed by atoms with Gasteiger partial charge in [0.25, 0.3) is 0 Å². The van der Waals surface area contributed by atoms with Crippen LogP contribution in [-0.4, -0.2) is 38.7 Å². The highest BCUT2D eigenvalue weighted by Crippen LogP contribution is 2.28. The fraction of sp³-hybridized carbons (Fsp3) is 0.455. The third kappa shape index (κ3) is 1.81. The molecular weight excluding hydrogens is 284 g/mol. The third-order valence-electron chi connectivity index (χ3n) is 3.19. The topological polar surface area (TPSA) is 53.7 Å². The van der Waals surface area contributed by atoms with Gasteiger partial charge in [0.15, 0.2) is 11.5 Å². The lowest BCUT2D eigenvalue weighted by Gasteiger charge is -2.24. The van der Waals surface area contributed by atoms with Gasteiger partial charge >= 0.3 is 0 Å². The molecule has 2 aromatic heterocycles. The largest absolute Gasteiger partial charge is 0.394 e. The molecule has 0 amide bonds. The Balaban J connectivity index is 2.12. The molecule has 17 heavy (non-hydrogen) atoms. The molecule has 0 saturated carbocycles. The zero-order valence-electron chi connectivity index (χ0n) is 9.25. The standard InChI is InChI=1S/C11H13BrN4O/c12-9-6-15-5-3-13-10(15)11(14-9)16-4-1-2-8(16)7-17/h3,5-6,8,17H,1-2,4,7H2. The molecule has 90 valence electrons. The van der Waals surface area contributed by atoms with E-state index in [1.807, 2.05) is 16.8 Å². The second-order valence-electron chi connectivity index (χ2n) is 4.22. The number of hydrogen-bond donors (Lipinski definition) is 1. The zero-order chi connectivity index (χ0) is 11.8. The number of fused-ring (bicyclic) bond motifs is 1. The molecule has 0 spiro atoms. The van der Waals surface area contributed by atoms with Crippen LogP contribution in [0.3, 0.4) is 0 Å². The SMILES string of the molecule is OCC1CCCN1c1nc(Br)cn2ccnc12. The number of anilines is 1. The molecule has 0 aromatic carbocycles. The molecule has 1 aliphatic rings. The van der Waals surface area contributed by atoms with Crippen molar-refractivity contribution in [1.29, 1.82) is 0 Å². The van der Waals surface area contributed by atoms with E-state index < -0.39 is 0 Å². The normalized spacial score (nSPS) is 20.4. The average molecular weight is 297 g/mol. The summed E-state index contributed by atoms with van der Waals surface area (Å²) in [5.41, 5.74) is 0.841. The van der Waals surface area contributed by atoms with Crippen molar-refractivity contribution >= 4 is 27.4 Å². The zero-order valence-corrected chi connectivity index (χ0v) is 10.8. The summed E-state index contributed by atoms with van der Waals surface area (Å²) < 4.78 is 2.72. The highest BCUT2D eigenvalue weighted by molar-refractivity contribution is 9.10. The molecule has 0 aliphatic carbocycles. The van der Waals surface area contributed by atoms with E-state index in [-0.39, 0.29) is 12.6 Å². The van der Waals surface area contributed by atoms with E-state index in [0.29, 0.717) is 0 Å². The second-order valence-corrected chi connectivity index (χ2v) is 5.03. The van der Waals surface area contributed by atoms with Crippen molar-refractivity contribution < 1.29 is 5.11 Å².